The molecule has 1 aromatic rings. The number of methoxy groups -OCH3 is 1. The maximum absolute atomic E-state index is 13.2. The summed E-state index contributed by atoms with van der Waals surface area (Å²) in [6.45, 7) is 4.03. The number of nitrogens with zero attached hydrogens (tertiary/aromatic N) is 3. The molecule has 172 valence electrons. The fraction of sp³-hybridized carbons (Fsp3) is 0.565. The second-order valence-electron chi connectivity index (χ2n) is 8.90. The maximum Gasteiger partial charge on any atom is 0.328 e. The number of hydrogen-bond acceptors (Lipinski definition) is 6. The fourth-order valence-corrected chi connectivity index (χ4v) is 5.01. The second-order valence-corrected chi connectivity index (χ2v) is 8.90. The van der Waals surface area contributed by atoms with Crippen molar-refractivity contribution in [1.29, 1.82) is 0 Å². The Hall–Kier alpha value is -2.94. The molecule has 3 aliphatic heterocycles. The third-order valence-electron chi connectivity index (χ3n) is 7.13. The van der Waals surface area contributed by atoms with E-state index in [2.05, 4.69) is 10.2 Å². The highest BCUT2D eigenvalue weighted by atomic mass is 16.5. The number of ether oxygens (including phenoxy) is 1. The highest BCUT2D eigenvalue weighted by Crippen LogP contribution is 2.41. The number of benzene rings is 1. The molecule has 0 aromatic heterocycles. The van der Waals surface area contributed by atoms with Crippen molar-refractivity contribution in [3.8, 4) is 5.75 Å². The van der Waals surface area contributed by atoms with Gasteiger partial charge in [-0.25, -0.2) is 4.79 Å². The van der Waals surface area contributed by atoms with Crippen molar-refractivity contribution < 1.29 is 23.9 Å². The van der Waals surface area contributed by atoms with Gasteiger partial charge >= 0.3 is 6.03 Å². The number of nitrogens with one attached hydrogen (secondary N) is 1. The van der Waals surface area contributed by atoms with Crippen LogP contribution in [0.5, 0.6) is 5.75 Å². The van der Waals surface area contributed by atoms with Crippen molar-refractivity contribution in [3.05, 3.63) is 23.8 Å². The third kappa shape index (κ3) is 4.48. The molecule has 0 aliphatic carbocycles. The van der Waals surface area contributed by atoms with Gasteiger partial charge in [0.25, 0.3) is 5.91 Å². The van der Waals surface area contributed by atoms with E-state index in [0.29, 0.717) is 36.6 Å². The van der Waals surface area contributed by atoms with Crippen molar-refractivity contribution in [1.82, 2.24) is 15.1 Å². The highest BCUT2D eigenvalue weighted by Gasteiger charge is 2.38. The first-order chi connectivity index (χ1) is 15.4. The van der Waals surface area contributed by atoms with Gasteiger partial charge < -0.3 is 14.4 Å². The van der Waals surface area contributed by atoms with Gasteiger partial charge in [-0.1, -0.05) is 0 Å². The van der Waals surface area contributed by atoms with Gasteiger partial charge in [0.1, 0.15) is 12.0 Å². The minimum atomic E-state index is -0.509. The molecule has 1 spiro atoms. The van der Waals surface area contributed by atoms with Crippen LogP contribution in [0.1, 0.15) is 42.5 Å². The van der Waals surface area contributed by atoms with Crippen LogP contribution in [0.4, 0.5) is 10.5 Å². The summed E-state index contributed by atoms with van der Waals surface area (Å²) in [5, 5.41) is 2.31. The summed E-state index contributed by atoms with van der Waals surface area (Å²) in [5.74, 6) is 0.109. The van der Waals surface area contributed by atoms with Crippen LogP contribution in [0, 0.1) is 5.41 Å². The van der Waals surface area contributed by atoms with Gasteiger partial charge in [-0.05, 0) is 62.4 Å². The predicted molar refractivity (Wildman–Crippen MR) is 118 cm³/mol. The van der Waals surface area contributed by atoms with Crippen LogP contribution >= 0.6 is 0 Å². The van der Waals surface area contributed by atoms with E-state index in [1.807, 2.05) is 4.90 Å². The van der Waals surface area contributed by atoms with Crippen molar-refractivity contribution in [3.63, 3.8) is 0 Å². The molecule has 0 radical (unpaired) electrons. The number of urea groups is 1. The molecular weight excluding hydrogens is 412 g/mol. The van der Waals surface area contributed by atoms with Crippen LogP contribution in [0.25, 0.3) is 0 Å². The first-order valence-corrected chi connectivity index (χ1v) is 11.2. The summed E-state index contributed by atoms with van der Waals surface area (Å²) in [6.07, 6.45) is 5.23. The lowest BCUT2D eigenvalue weighted by molar-refractivity contribution is -0.120. The zero-order valence-electron chi connectivity index (χ0n) is 18.5. The minimum Gasteiger partial charge on any atom is -0.495 e. The van der Waals surface area contributed by atoms with Crippen molar-refractivity contribution >= 4 is 29.8 Å². The monoisotopic (exact) mass is 442 g/mol. The van der Waals surface area contributed by atoms with Crippen LogP contribution in [0.3, 0.4) is 0 Å². The van der Waals surface area contributed by atoms with Gasteiger partial charge in [0.05, 0.1) is 19.3 Å². The Morgan fingerprint density at radius 3 is 2.41 bits per heavy atom. The van der Waals surface area contributed by atoms with Gasteiger partial charge in [0.2, 0.25) is 5.91 Å². The molecule has 0 unspecified atom stereocenters. The Kier molecular flexibility index (Phi) is 6.45. The zero-order chi connectivity index (χ0) is 22.7. The summed E-state index contributed by atoms with van der Waals surface area (Å²) in [4.78, 5) is 53.3. The molecular formula is C23H30N4O5. The number of amides is 4. The summed E-state index contributed by atoms with van der Waals surface area (Å²) in [5.41, 5.74) is 1.25. The molecule has 3 saturated heterocycles. The number of imide groups is 1. The number of aldehydes is 1. The van der Waals surface area contributed by atoms with Gasteiger partial charge in [-0.15, -0.1) is 0 Å². The van der Waals surface area contributed by atoms with E-state index < -0.39 is 6.03 Å². The lowest BCUT2D eigenvalue weighted by Crippen LogP contribution is -2.50. The van der Waals surface area contributed by atoms with E-state index in [1.165, 1.54) is 12.0 Å². The number of hydrogen-bond donors (Lipinski definition) is 1. The van der Waals surface area contributed by atoms with Crippen LogP contribution < -0.4 is 15.0 Å². The zero-order valence-corrected chi connectivity index (χ0v) is 18.5. The van der Waals surface area contributed by atoms with E-state index in [4.69, 9.17) is 4.74 Å². The summed E-state index contributed by atoms with van der Waals surface area (Å²) in [6, 6.07) is 4.59. The fourth-order valence-electron chi connectivity index (χ4n) is 5.01. The molecule has 4 amide bonds. The molecule has 0 saturated carbocycles. The summed E-state index contributed by atoms with van der Waals surface area (Å²) in [7, 11) is 1.51. The minimum absolute atomic E-state index is 0.0596. The Labute approximate surface area is 187 Å². The molecule has 0 bridgehead atoms. The number of likely N-dealkylation sites (tertiary alicyclic amines) is 2. The Bertz CT molecular complexity index is 900. The van der Waals surface area contributed by atoms with E-state index in [0.717, 1.165) is 45.1 Å². The van der Waals surface area contributed by atoms with Crippen LogP contribution in [-0.4, -0.2) is 80.3 Å². The Morgan fingerprint density at radius 2 is 1.78 bits per heavy atom. The van der Waals surface area contributed by atoms with Crippen LogP contribution in [-0.2, 0) is 9.59 Å². The van der Waals surface area contributed by atoms with Crippen molar-refractivity contribution in [2.24, 2.45) is 5.41 Å². The lowest BCUT2D eigenvalue weighted by Gasteiger charge is -2.46. The smallest absolute Gasteiger partial charge is 0.328 e. The van der Waals surface area contributed by atoms with Crippen LogP contribution in [0.2, 0.25) is 0 Å². The maximum atomic E-state index is 13.2. The third-order valence-corrected chi connectivity index (χ3v) is 7.13. The number of carbonyl (C=O) groups is 4. The topological polar surface area (TPSA) is 99.3 Å². The molecule has 3 fully saturated rings. The Morgan fingerprint density at radius 1 is 1.09 bits per heavy atom. The molecule has 3 heterocycles. The van der Waals surface area contributed by atoms with Crippen molar-refractivity contribution in [2.45, 2.75) is 32.1 Å². The molecule has 1 aromatic carbocycles. The average molecular weight is 443 g/mol. The number of carbonyl (C=O) groups excluding carboxylic acids is 4. The lowest BCUT2D eigenvalue weighted by atomic mass is 9.71. The molecule has 9 heteroatoms. The second kappa shape index (κ2) is 9.28. The number of rotatable bonds is 5. The largest absolute Gasteiger partial charge is 0.495 e. The molecule has 9 nitrogen and oxygen atoms in total. The quantitative estimate of drug-likeness (QED) is 0.697. The SMILES string of the molecule is COc1ccc(C(=O)N2CCC3(CCN(CC=O)CC3)CC2)cc1N1CCC(=O)NC1=O. The van der Waals surface area contributed by atoms with E-state index >= 15 is 0 Å². The van der Waals surface area contributed by atoms with Gasteiger partial charge in [-0.3, -0.25) is 24.7 Å². The average Bonchev–Trinajstić information content (AvgIpc) is 2.81. The normalized spacial score (nSPS) is 21.4. The molecule has 3 aliphatic rings. The standard InChI is InChI=1S/C23H30N4O5/c1-32-19-3-2-17(16-18(19)27-9-4-20(29)24-22(27)31)21(30)26-12-7-23(8-13-26)5-10-25(11-6-23)14-15-28/h2-3,15-16H,4-14H2,1H3,(H,24,29,31). The highest BCUT2D eigenvalue weighted by molar-refractivity contribution is 6.07. The summed E-state index contributed by atoms with van der Waals surface area (Å²) >= 11 is 0. The molecule has 1 N–H and O–H groups in total. The van der Waals surface area contributed by atoms with Crippen molar-refractivity contribution in [2.75, 3.05) is 51.3 Å². The number of anilines is 1. The first kappa shape index (κ1) is 22.3. The van der Waals surface area contributed by atoms with E-state index in [1.54, 1.807) is 18.2 Å². The molecule has 4 rings (SSSR count). The summed E-state index contributed by atoms with van der Waals surface area (Å²) < 4.78 is 5.40. The Balaban J connectivity index is 1.43. The van der Waals surface area contributed by atoms with Crippen LogP contribution in [0.15, 0.2) is 18.2 Å². The van der Waals surface area contributed by atoms with Gasteiger partial charge in [-0.2, -0.15) is 0 Å². The molecule has 0 atom stereocenters. The number of piperidine rings is 2. The van der Waals surface area contributed by atoms with Gasteiger partial charge in [0, 0.05) is 31.6 Å². The molecule has 32 heavy (non-hydrogen) atoms. The van der Waals surface area contributed by atoms with E-state index in [9.17, 15) is 19.2 Å². The van der Waals surface area contributed by atoms with Gasteiger partial charge in [0.15, 0.2) is 0 Å². The first-order valence-electron chi connectivity index (χ1n) is 11.2. The predicted octanol–water partition coefficient (Wildman–Crippen LogP) is 1.66. The van der Waals surface area contributed by atoms with E-state index in [-0.39, 0.29) is 30.2 Å².